The molecule has 3 aromatic heterocycles. The molecule has 1 fully saturated rings. The third-order valence-electron chi connectivity index (χ3n) is 6.05. The molecule has 0 radical (unpaired) electrons. The van der Waals surface area contributed by atoms with Crippen molar-refractivity contribution in [3.8, 4) is 22.8 Å². The minimum absolute atomic E-state index is 0.151. The Balaban J connectivity index is 1.56. The van der Waals surface area contributed by atoms with Crippen LogP contribution in [0.4, 0.5) is 11.5 Å². The van der Waals surface area contributed by atoms with Gasteiger partial charge in [0.2, 0.25) is 11.8 Å². The van der Waals surface area contributed by atoms with Gasteiger partial charge in [0.15, 0.2) is 11.3 Å². The number of carbonyl (C=O) groups excluding carboxylic acids is 1. The zero-order valence-electron chi connectivity index (χ0n) is 19.0. The molecule has 1 aromatic carbocycles. The smallest absolute Gasteiger partial charge is 0.292 e. The molecule has 1 saturated carbocycles. The third kappa shape index (κ3) is 4.50. The monoisotopic (exact) mass is 471 g/mol. The first-order valence-electron chi connectivity index (χ1n) is 11.5. The fourth-order valence-electron chi connectivity index (χ4n) is 4.32. The number of nitrogens with zero attached hydrogens (tertiary/aromatic N) is 4. The van der Waals surface area contributed by atoms with E-state index in [1.807, 2.05) is 12.1 Å². The summed E-state index contributed by atoms with van der Waals surface area (Å²) >= 11 is 0. The van der Waals surface area contributed by atoms with Gasteiger partial charge in [0.1, 0.15) is 6.10 Å². The minimum atomic E-state index is -0.450. The topological polar surface area (TPSA) is 141 Å². The average molecular weight is 472 g/mol. The zero-order valence-corrected chi connectivity index (χ0v) is 19.0. The van der Waals surface area contributed by atoms with E-state index in [4.69, 9.17) is 10.5 Å². The summed E-state index contributed by atoms with van der Waals surface area (Å²) in [7, 11) is 0. The molecule has 4 aromatic rings. The van der Waals surface area contributed by atoms with E-state index in [2.05, 4.69) is 32.2 Å². The molecule has 1 amide bonds. The summed E-state index contributed by atoms with van der Waals surface area (Å²) in [5, 5.41) is 14.0. The average Bonchev–Trinajstić information content (AvgIpc) is 3.30. The maximum Gasteiger partial charge on any atom is 0.292 e. The molecule has 0 bridgehead atoms. The number of nitrogens with one attached hydrogen (secondary N) is 2. The standard InChI is InChI=1S/C25H25N7O3/c1-2-19(33)28-16-9-11-17(12-10-16)32-23(21-22(31-32)25(34)30-29-24(21)26)15-8-13-20(27-14-15)35-18-6-4-3-5-7-18/h2,8-14,18H,1,3-7H2,(H2,26,29)(H,28,33)(H,30,34). The highest BCUT2D eigenvalue weighted by Crippen LogP contribution is 2.33. The SMILES string of the molecule is C=CC(=O)Nc1ccc(-n2nc3c(=O)[nH]nc(N)c3c2-c2ccc(OC3CCCCC3)nc2)cc1. The number of anilines is 2. The largest absolute Gasteiger partial charge is 0.474 e. The van der Waals surface area contributed by atoms with Crippen molar-refractivity contribution in [2.24, 2.45) is 0 Å². The third-order valence-corrected chi connectivity index (χ3v) is 6.05. The number of aromatic amines is 1. The number of amides is 1. The minimum Gasteiger partial charge on any atom is -0.474 e. The van der Waals surface area contributed by atoms with Crippen molar-refractivity contribution in [3.05, 3.63) is 65.6 Å². The van der Waals surface area contributed by atoms with Crippen molar-refractivity contribution in [2.75, 3.05) is 11.1 Å². The van der Waals surface area contributed by atoms with Crippen LogP contribution in [0.25, 0.3) is 27.8 Å². The highest BCUT2D eigenvalue weighted by molar-refractivity contribution is 6.00. The number of fused-ring (bicyclic) bond motifs is 1. The van der Waals surface area contributed by atoms with Crippen LogP contribution in [0.1, 0.15) is 32.1 Å². The second kappa shape index (κ2) is 9.41. The van der Waals surface area contributed by atoms with Gasteiger partial charge < -0.3 is 15.8 Å². The molecular weight excluding hydrogens is 446 g/mol. The van der Waals surface area contributed by atoms with Gasteiger partial charge in [-0.15, -0.1) is 0 Å². The van der Waals surface area contributed by atoms with Gasteiger partial charge in [-0.3, -0.25) is 9.59 Å². The Morgan fingerprint density at radius 2 is 1.94 bits per heavy atom. The van der Waals surface area contributed by atoms with Crippen LogP contribution in [0.15, 0.2) is 60.0 Å². The molecule has 0 atom stereocenters. The lowest BCUT2D eigenvalue weighted by molar-refractivity contribution is -0.111. The Bertz CT molecular complexity index is 1430. The quantitative estimate of drug-likeness (QED) is 0.365. The number of benzene rings is 1. The fourth-order valence-corrected chi connectivity index (χ4v) is 4.32. The molecule has 3 heterocycles. The number of rotatable bonds is 6. The molecule has 10 heteroatoms. The van der Waals surface area contributed by atoms with Gasteiger partial charge in [0.25, 0.3) is 5.56 Å². The van der Waals surface area contributed by atoms with E-state index < -0.39 is 5.56 Å². The van der Waals surface area contributed by atoms with Gasteiger partial charge in [-0.25, -0.2) is 14.8 Å². The summed E-state index contributed by atoms with van der Waals surface area (Å²) in [6, 6.07) is 10.7. The van der Waals surface area contributed by atoms with E-state index in [9.17, 15) is 9.59 Å². The Morgan fingerprint density at radius 3 is 2.63 bits per heavy atom. The Hall–Kier alpha value is -4.47. The Morgan fingerprint density at radius 1 is 1.17 bits per heavy atom. The molecule has 5 rings (SSSR count). The predicted molar refractivity (Wildman–Crippen MR) is 133 cm³/mol. The van der Waals surface area contributed by atoms with Gasteiger partial charge in [0, 0.05) is 23.5 Å². The maximum absolute atomic E-state index is 12.5. The van der Waals surface area contributed by atoms with Crippen LogP contribution in [0.5, 0.6) is 5.88 Å². The first kappa shape index (κ1) is 22.3. The van der Waals surface area contributed by atoms with Crippen LogP contribution >= 0.6 is 0 Å². The summed E-state index contributed by atoms with van der Waals surface area (Å²) in [5.41, 5.74) is 8.42. The van der Waals surface area contributed by atoms with E-state index in [1.54, 1.807) is 35.1 Å². The molecule has 10 nitrogen and oxygen atoms in total. The number of H-pyrrole nitrogens is 1. The van der Waals surface area contributed by atoms with Crippen molar-refractivity contribution in [1.29, 1.82) is 0 Å². The van der Waals surface area contributed by atoms with Crippen molar-refractivity contribution < 1.29 is 9.53 Å². The van der Waals surface area contributed by atoms with Crippen LogP contribution < -0.4 is 21.3 Å². The molecule has 1 aliphatic carbocycles. The lowest BCUT2D eigenvalue weighted by atomic mass is 9.98. The summed E-state index contributed by atoms with van der Waals surface area (Å²) in [5.74, 6) is 0.399. The first-order valence-corrected chi connectivity index (χ1v) is 11.5. The molecule has 0 aliphatic heterocycles. The van der Waals surface area contributed by atoms with Gasteiger partial charge in [0.05, 0.1) is 16.8 Å². The number of pyridine rings is 1. The van der Waals surface area contributed by atoms with Gasteiger partial charge in [-0.2, -0.15) is 10.2 Å². The summed E-state index contributed by atoms with van der Waals surface area (Å²) in [6.07, 6.45) is 8.74. The molecule has 35 heavy (non-hydrogen) atoms. The van der Waals surface area contributed by atoms with Crippen LogP contribution in [-0.2, 0) is 4.79 Å². The normalized spacial score (nSPS) is 14.1. The van der Waals surface area contributed by atoms with Gasteiger partial charge >= 0.3 is 0 Å². The highest BCUT2D eigenvalue weighted by Gasteiger charge is 2.21. The molecule has 4 N–H and O–H groups in total. The molecule has 0 saturated heterocycles. The number of hydrogen-bond donors (Lipinski definition) is 3. The molecule has 0 spiro atoms. The second-order valence-electron chi connectivity index (χ2n) is 8.43. The van der Waals surface area contributed by atoms with Crippen molar-refractivity contribution >= 4 is 28.3 Å². The molecule has 1 aliphatic rings. The van der Waals surface area contributed by atoms with E-state index >= 15 is 0 Å². The van der Waals surface area contributed by atoms with Gasteiger partial charge in [-0.05, 0) is 62.1 Å². The lowest BCUT2D eigenvalue weighted by Crippen LogP contribution is -2.20. The van der Waals surface area contributed by atoms with E-state index in [0.29, 0.717) is 33.9 Å². The molecule has 0 unspecified atom stereocenters. The highest BCUT2D eigenvalue weighted by atomic mass is 16.5. The van der Waals surface area contributed by atoms with Crippen molar-refractivity contribution in [2.45, 2.75) is 38.2 Å². The van der Waals surface area contributed by atoms with Crippen LogP contribution in [0, 0.1) is 0 Å². The van der Waals surface area contributed by atoms with E-state index in [-0.39, 0.29) is 23.3 Å². The van der Waals surface area contributed by atoms with E-state index in [0.717, 1.165) is 12.8 Å². The zero-order chi connectivity index (χ0) is 24.4. The maximum atomic E-state index is 12.5. The Kier molecular flexibility index (Phi) is 6.01. The van der Waals surface area contributed by atoms with Gasteiger partial charge in [-0.1, -0.05) is 13.0 Å². The Labute approximate surface area is 200 Å². The summed E-state index contributed by atoms with van der Waals surface area (Å²) in [4.78, 5) is 28.6. The van der Waals surface area contributed by atoms with E-state index in [1.165, 1.54) is 25.3 Å². The predicted octanol–water partition coefficient (Wildman–Crippen LogP) is 3.59. The number of hydrogen-bond acceptors (Lipinski definition) is 7. The molecular formula is C25H25N7O3. The summed E-state index contributed by atoms with van der Waals surface area (Å²) < 4.78 is 7.68. The number of nitrogen functional groups attached to an aromatic ring is 1. The summed E-state index contributed by atoms with van der Waals surface area (Å²) in [6.45, 7) is 3.46. The van der Waals surface area contributed by atoms with Crippen LogP contribution in [0.3, 0.4) is 0 Å². The number of aromatic nitrogens is 5. The number of nitrogens with two attached hydrogens (primary N) is 1. The number of carbonyl (C=O) groups is 1. The first-order chi connectivity index (χ1) is 17.0. The fraction of sp³-hybridized carbons (Fsp3) is 0.240. The van der Waals surface area contributed by atoms with Crippen LogP contribution in [0.2, 0.25) is 0 Å². The second-order valence-corrected chi connectivity index (χ2v) is 8.43. The molecule has 178 valence electrons. The van der Waals surface area contributed by atoms with Crippen molar-refractivity contribution in [1.82, 2.24) is 25.0 Å². The number of ether oxygens (including phenoxy) is 1. The van der Waals surface area contributed by atoms with Crippen molar-refractivity contribution in [3.63, 3.8) is 0 Å². The van der Waals surface area contributed by atoms with Crippen LogP contribution in [-0.4, -0.2) is 37.0 Å². The lowest BCUT2D eigenvalue weighted by Gasteiger charge is -2.22.